The van der Waals surface area contributed by atoms with Gasteiger partial charge in [-0.15, -0.1) is 0 Å². The topological polar surface area (TPSA) is 12.0 Å². The summed E-state index contributed by atoms with van der Waals surface area (Å²) in [5.74, 6) is 3.45. The van der Waals surface area contributed by atoms with Gasteiger partial charge in [-0.25, -0.2) is 0 Å². The highest BCUT2D eigenvalue weighted by Crippen LogP contribution is 2.44. The van der Waals surface area contributed by atoms with Gasteiger partial charge in [0.25, 0.3) is 0 Å². The predicted molar refractivity (Wildman–Crippen MR) is 70.4 cm³/mol. The molecular weight excluding hydrogens is 194 g/mol. The molecule has 1 heteroatoms. The summed E-state index contributed by atoms with van der Waals surface area (Å²) in [5, 5.41) is 3.82. The normalized spacial score (nSPS) is 37.6. The van der Waals surface area contributed by atoms with E-state index in [-0.39, 0.29) is 0 Å². The minimum Gasteiger partial charge on any atom is -0.311 e. The smallest absolute Gasteiger partial charge is 0.00754 e. The van der Waals surface area contributed by atoms with Crippen LogP contribution in [0, 0.1) is 23.7 Å². The quantitative estimate of drug-likeness (QED) is 0.699. The molecule has 6 unspecified atom stereocenters. The second-order valence-electron chi connectivity index (χ2n) is 6.07. The van der Waals surface area contributed by atoms with Crippen LogP contribution in [0.25, 0.3) is 0 Å². The average molecular weight is 221 g/mol. The van der Waals surface area contributed by atoms with Crippen LogP contribution < -0.4 is 5.32 Å². The lowest BCUT2D eigenvalue weighted by molar-refractivity contribution is 0.271. The Morgan fingerprint density at radius 2 is 1.94 bits per heavy atom. The van der Waals surface area contributed by atoms with Crippen molar-refractivity contribution in [3.8, 4) is 0 Å². The second-order valence-corrected chi connectivity index (χ2v) is 6.07. The number of allylic oxidation sites excluding steroid dienone is 2. The highest BCUT2D eigenvalue weighted by atomic mass is 15.0. The van der Waals surface area contributed by atoms with E-state index >= 15 is 0 Å². The van der Waals surface area contributed by atoms with Crippen LogP contribution in [-0.2, 0) is 0 Å². The van der Waals surface area contributed by atoms with E-state index in [2.05, 4.69) is 45.2 Å². The van der Waals surface area contributed by atoms with Crippen molar-refractivity contribution < 1.29 is 0 Å². The van der Waals surface area contributed by atoms with E-state index in [4.69, 9.17) is 0 Å². The molecule has 0 heterocycles. The van der Waals surface area contributed by atoms with Crippen molar-refractivity contribution in [2.75, 3.05) is 0 Å². The summed E-state index contributed by atoms with van der Waals surface area (Å²) >= 11 is 0. The minimum absolute atomic E-state index is 0.656. The van der Waals surface area contributed by atoms with Crippen LogP contribution in [-0.4, -0.2) is 12.1 Å². The summed E-state index contributed by atoms with van der Waals surface area (Å²) < 4.78 is 0. The Balaban J connectivity index is 1.84. The van der Waals surface area contributed by atoms with Gasteiger partial charge in [0.2, 0.25) is 0 Å². The van der Waals surface area contributed by atoms with Crippen molar-refractivity contribution in [3.05, 3.63) is 12.2 Å². The van der Waals surface area contributed by atoms with Gasteiger partial charge >= 0.3 is 0 Å². The Bertz CT molecular complexity index is 258. The predicted octanol–water partition coefficient (Wildman–Crippen LogP) is 3.61. The van der Waals surface area contributed by atoms with E-state index in [1.54, 1.807) is 0 Å². The Kier molecular flexibility index (Phi) is 3.73. The van der Waals surface area contributed by atoms with Gasteiger partial charge in [0, 0.05) is 12.1 Å². The molecule has 0 radical (unpaired) electrons. The Morgan fingerprint density at radius 3 is 2.44 bits per heavy atom. The summed E-state index contributed by atoms with van der Waals surface area (Å²) in [6.45, 7) is 9.37. The van der Waals surface area contributed by atoms with E-state index in [9.17, 15) is 0 Å². The van der Waals surface area contributed by atoms with Gasteiger partial charge in [0.05, 0.1) is 0 Å². The van der Waals surface area contributed by atoms with Gasteiger partial charge in [-0.3, -0.25) is 0 Å². The molecule has 1 N–H and O–H groups in total. The Labute approximate surface area is 101 Å². The third-order valence-corrected chi connectivity index (χ3v) is 5.00. The molecule has 0 saturated heterocycles. The van der Waals surface area contributed by atoms with Crippen LogP contribution in [0.3, 0.4) is 0 Å². The van der Waals surface area contributed by atoms with Crippen LogP contribution in [0.2, 0.25) is 0 Å². The maximum Gasteiger partial charge on any atom is 0.00754 e. The molecule has 1 saturated carbocycles. The van der Waals surface area contributed by atoms with Crippen LogP contribution in [0.15, 0.2) is 12.2 Å². The van der Waals surface area contributed by atoms with Crippen molar-refractivity contribution in [3.63, 3.8) is 0 Å². The molecule has 1 fully saturated rings. The van der Waals surface area contributed by atoms with Gasteiger partial charge in [-0.05, 0) is 50.4 Å². The van der Waals surface area contributed by atoms with Gasteiger partial charge in [0.15, 0.2) is 0 Å². The number of hydrogen-bond donors (Lipinski definition) is 1. The fourth-order valence-corrected chi connectivity index (χ4v) is 3.45. The SMILES string of the molecule is CCC(C)C(C)NC(C)C1CC2C=CC1C2. The van der Waals surface area contributed by atoms with Crippen LogP contribution in [0.4, 0.5) is 0 Å². The molecule has 0 spiro atoms. The highest BCUT2D eigenvalue weighted by Gasteiger charge is 2.38. The van der Waals surface area contributed by atoms with E-state index in [0.717, 1.165) is 23.7 Å². The zero-order chi connectivity index (χ0) is 11.7. The lowest BCUT2D eigenvalue weighted by Gasteiger charge is -2.31. The van der Waals surface area contributed by atoms with Gasteiger partial charge in [-0.2, -0.15) is 0 Å². The maximum atomic E-state index is 3.82. The minimum atomic E-state index is 0.656. The first-order valence-corrected chi connectivity index (χ1v) is 7.06. The molecule has 0 amide bonds. The average Bonchev–Trinajstić information content (AvgIpc) is 2.89. The first kappa shape index (κ1) is 12.2. The van der Waals surface area contributed by atoms with Crippen molar-refractivity contribution in [1.82, 2.24) is 5.32 Å². The zero-order valence-corrected chi connectivity index (χ0v) is 11.2. The van der Waals surface area contributed by atoms with Gasteiger partial charge in [0.1, 0.15) is 0 Å². The molecule has 2 aliphatic carbocycles. The molecule has 0 aromatic heterocycles. The van der Waals surface area contributed by atoms with Crippen molar-refractivity contribution in [2.24, 2.45) is 23.7 Å². The molecule has 16 heavy (non-hydrogen) atoms. The van der Waals surface area contributed by atoms with Crippen LogP contribution in [0.1, 0.15) is 47.0 Å². The van der Waals surface area contributed by atoms with Crippen molar-refractivity contribution >= 4 is 0 Å². The molecule has 2 bridgehead atoms. The van der Waals surface area contributed by atoms with E-state index in [1.807, 2.05) is 0 Å². The number of nitrogens with one attached hydrogen (secondary N) is 1. The number of hydrogen-bond acceptors (Lipinski definition) is 1. The second kappa shape index (κ2) is 4.91. The standard InChI is InChI=1S/C15H27N/c1-5-10(2)11(3)16-12(4)15-9-13-6-7-14(15)8-13/h6-7,10-16H,5,8-9H2,1-4H3. The molecule has 0 aromatic rings. The van der Waals surface area contributed by atoms with Crippen molar-refractivity contribution in [2.45, 2.75) is 59.0 Å². The Hall–Kier alpha value is -0.300. The maximum absolute atomic E-state index is 3.82. The summed E-state index contributed by atoms with van der Waals surface area (Å²) in [6.07, 6.45) is 9.02. The molecule has 2 aliphatic rings. The van der Waals surface area contributed by atoms with Crippen molar-refractivity contribution in [1.29, 1.82) is 0 Å². The summed E-state index contributed by atoms with van der Waals surface area (Å²) in [7, 11) is 0. The Morgan fingerprint density at radius 1 is 1.19 bits per heavy atom. The molecular formula is C15H27N. The fourth-order valence-electron chi connectivity index (χ4n) is 3.45. The zero-order valence-electron chi connectivity index (χ0n) is 11.2. The summed E-state index contributed by atoms with van der Waals surface area (Å²) in [4.78, 5) is 0. The molecule has 92 valence electrons. The summed E-state index contributed by atoms with van der Waals surface area (Å²) in [5.41, 5.74) is 0. The van der Waals surface area contributed by atoms with E-state index in [1.165, 1.54) is 19.3 Å². The highest BCUT2D eigenvalue weighted by molar-refractivity contribution is 5.11. The molecule has 0 aliphatic heterocycles. The van der Waals surface area contributed by atoms with Gasteiger partial charge in [-0.1, -0.05) is 32.4 Å². The number of fused-ring (bicyclic) bond motifs is 2. The fraction of sp³-hybridized carbons (Fsp3) is 0.867. The molecule has 1 nitrogen and oxygen atoms in total. The van der Waals surface area contributed by atoms with Crippen LogP contribution in [0.5, 0.6) is 0 Å². The summed E-state index contributed by atoms with van der Waals surface area (Å²) in [6, 6.07) is 1.34. The monoisotopic (exact) mass is 221 g/mol. The molecule has 2 rings (SSSR count). The lowest BCUT2D eigenvalue weighted by Crippen LogP contribution is -2.43. The molecule has 0 aromatic carbocycles. The molecule has 6 atom stereocenters. The third-order valence-electron chi connectivity index (χ3n) is 5.00. The lowest BCUT2D eigenvalue weighted by atomic mass is 9.86. The first-order chi connectivity index (χ1) is 7.61. The van der Waals surface area contributed by atoms with Crippen LogP contribution >= 0.6 is 0 Å². The van der Waals surface area contributed by atoms with E-state index in [0.29, 0.717) is 12.1 Å². The van der Waals surface area contributed by atoms with E-state index < -0.39 is 0 Å². The largest absolute Gasteiger partial charge is 0.311 e. The third kappa shape index (κ3) is 2.34. The van der Waals surface area contributed by atoms with Gasteiger partial charge < -0.3 is 5.32 Å². The first-order valence-electron chi connectivity index (χ1n) is 7.06. The number of rotatable bonds is 5.